The molecule has 0 saturated carbocycles. The van der Waals surface area contributed by atoms with Gasteiger partial charge in [-0.1, -0.05) is 115 Å². The van der Waals surface area contributed by atoms with Crippen molar-refractivity contribution in [3.63, 3.8) is 0 Å². The highest BCUT2D eigenvalue weighted by Crippen LogP contribution is 2.51. The summed E-state index contributed by atoms with van der Waals surface area (Å²) >= 11 is 9.00. The molecule has 1 heterocycles. The van der Waals surface area contributed by atoms with Crippen LogP contribution in [0.25, 0.3) is 41.7 Å². The molecule has 0 spiro atoms. The normalized spacial score (nSPS) is 12.1. The zero-order valence-electron chi connectivity index (χ0n) is 22.2. The minimum atomic E-state index is -1.42. The molecule has 6 aromatic carbocycles. The minimum Gasteiger partial charge on any atom is -0.310 e. The molecule has 0 unspecified atom stereocenters. The first-order valence-corrected chi connectivity index (χ1v) is 18.0. The summed E-state index contributed by atoms with van der Waals surface area (Å²) < 4.78 is 2.52. The Hall–Kier alpha value is -3.63. The zero-order valence-corrected chi connectivity index (χ0v) is 24.8. The third kappa shape index (κ3) is 4.04. The number of hydrogen-bond donors (Lipinski definition) is 0. The second-order valence-electron chi connectivity index (χ2n) is 11.2. The van der Waals surface area contributed by atoms with Gasteiger partial charge in [-0.3, -0.25) is 0 Å². The molecule has 0 fully saturated rings. The second-order valence-corrected chi connectivity index (χ2v) is 17.7. The fourth-order valence-corrected chi connectivity index (χ4v) is 8.61. The predicted octanol–water partition coefficient (Wildman–Crippen LogP) is 11.0. The predicted molar refractivity (Wildman–Crippen MR) is 177 cm³/mol. The summed E-state index contributed by atoms with van der Waals surface area (Å²) in [5, 5.41) is 9.52. The average molecular weight is 558 g/mol. The van der Waals surface area contributed by atoms with Gasteiger partial charge in [0, 0.05) is 31.5 Å². The summed E-state index contributed by atoms with van der Waals surface area (Å²) in [6.07, 6.45) is 0. The molecule has 7 aromatic rings. The lowest BCUT2D eigenvalue weighted by Crippen LogP contribution is -2.37. The second kappa shape index (κ2) is 9.24. The molecule has 0 aliphatic rings. The fourth-order valence-electron chi connectivity index (χ4n) is 5.66. The maximum Gasteiger partial charge on any atom is 0.0775 e. The van der Waals surface area contributed by atoms with Crippen molar-refractivity contribution in [1.82, 2.24) is 0 Å². The van der Waals surface area contributed by atoms with Crippen LogP contribution >= 0.6 is 22.9 Å². The Balaban J connectivity index is 1.63. The maximum absolute atomic E-state index is 7.14. The van der Waals surface area contributed by atoms with E-state index in [1.807, 2.05) is 11.3 Å². The van der Waals surface area contributed by atoms with Crippen LogP contribution in [0.2, 0.25) is 24.7 Å². The molecule has 0 amide bonds. The van der Waals surface area contributed by atoms with E-state index in [4.69, 9.17) is 11.6 Å². The SMILES string of the molecule is C[Si](C)(C)c1ccc(N(c2ccccc2)c2cc3ccccc3c3sc4c5ccccc5cc(Cl)c4c23)cc1. The molecule has 0 aliphatic carbocycles. The first kappa shape index (κ1) is 24.4. The van der Waals surface area contributed by atoms with E-state index in [0.717, 1.165) is 27.5 Å². The van der Waals surface area contributed by atoms with Crippen molar-refractivity contribution in [3.05, 3.63) is 120 Å². The summed E-state index contributed by atoms with van der Waals surface area (Å²) in [7, 11) is -1.42. The molecular weight excluding hydrogens is 530 g/mol. The smallest absolute Gasteiger partial charge is 0.0775 e. The summed E-state index contributed by atoms with van der Waals surface area (Å²) in [6.45, 7) is 7.19. The first-order chi connectivity index (χ1) is 18.9. The number of thiophene rings is 1. The number of benzene rings is 6. The molecule has 39 heavy (non-hydrogen) atoms. The maximum atomic E-state index is 7.14. The van der Waals surface area contributed by atoms with Crippen LogP contribution in [0.4, 0.5) is 17.1 Å². The van der Waals surface area contributed by atoms with Crippen molar-refractivity contribution in [1.29, 1.82) is 0 Å². The van der Waals surface area contributed by atoms with Crippen LogP contribution in [0.1, 0.15) is 0 Å². The topological polar surface area (TPSA) is 3.24 Å². The van der Waals surface area contributed by atoms with Gasteiger partial charge in [-0.25, -0.2) is 0 Å². The van der Waals surface area contributed by atoms with Crippen LogP contribution < -0.4 is 10.1 Å². The minimum absolute atomic E-state index is 0.800. The largest absolute Gasteiger partial charge is 0.310 e. The zero-order chi connectivity index (χ0) is 26.7. The van der Waals surface area contributed by atoms with E-state index < -0.39 is 8.07 Å². The molecular formula is C35H28ClNSSi. The summed E-state index contributed by atoms with van der Waals surface area (Å²) in [4.78, 5) is 2.40. The quantitative estimate of drug-likeness (QED) is 0.194. The molecule has 0 bridgehead atoms. The van der Waals surface area contributed by atoms with Gasteiger partial charge in [-0.05, 0) is 57.9 Å². The monoisotopic (exact) mass is 557 g/mol. The highest BCUT2D eigenvalue weighted by atomic mass is 35.5. The number of para-hydroxylation sites is 1. The van der Waals surface area contributed by atoms with Crippen molar-refractivity contribution in [2.24, 2.45) is 0 Å². The van der Waals surface area contributed by atoms with Gasteiger partial charge in [0.15, 0.2) is 0 Å². The van der Waals surface area contributed by atoms with Gasteiger partial charge in [-0.15, -0.1) is 11.3 Å². The van der Waals surface area contributed by atoms with E-state index in [0.29, 0.717) is 0 Å². The van der Waals surface area contributed by atoms with Gasteiger partial charge in [0.2, 0.25) is 0 Å². The van der Waals surface area contributed by atoms with Crippen LogP contribution in [0, 0.1) is 0 Å². The Morgan fingerprint density at radius 1 is 0.590 bits per heavy atom. The number of anilines is 3. The van der Waals surface area contributed by atoms with Gasteiger partial charge in [0.05, 0.1) is 18.8 Å². The molecule has 0 N–H and O–H groups in total. The lowest BCUT2D eigenvalue weighted by molar-refractivity contribution is 1.30. The molecule has 1 aromatic heterocycles. The molecule has 0 saturated heterocycles. The van der Waals surface area contributed by atoms with Crippen molar-refractivity contribution in [3.8, 4) is 0 Å². The van der Waals surface area contributed by atoms with Crippen LogP contribution in [-0.2, 0) is 0 Å². The Morgan fingerprint density at radius 2 is 1.13 bits per heavy atom. The van der Waals surface area contributed by atoms with E-state index in [1.54, 1.807) is 0 Å². The highest BCUT2D eigenvalue weighted by molar-refractivity contribution is 7.27. The Kier molecular flexibility index (Phi) is 5.78. The van der Waals surface area contributed by atoms with Crippen LogP contribution in [0.5, 0.6) is 0 Å². The third-order valence-electron chi connectivity index (χ3n) is 7.64. The molecule has 0 aliphatic heterocycles. The van der Waals surface area contributed by atoms with Crippen LogP contribution in [-0.4, -0.2) is 8.07 Å². The van der Waals surface area contributed by atoms with E-state index in [1.165, 1.54) is 41.5 Å². The van der Waals surface area contributed by atoms with Gasteiger partial charge < -0.3 is 4.90 Å². The Labute approximate surface area is 238 Å². The van der Waals surface area contributed by atoms with E-state index >= 15 is 0 Å². The standard InChI is InChI=1S/C35H28ClNSSi/c1-39(2,3)27-19-17-26(18-20-27)37(25-13-5-4-6-14-25)31-22-24-12-8-10-16-29(24)35-33(31)32-30(36)21-23-11-7-9-15-28(23)34(32)38-35/h4-22H,1-3H3. The number of fused-ring (bicyclic) bond motifs is 7. The number of rotatable bonds is 4. The van der Waals surface area contributed by atoms with Crippen LogP contribution in [0.3, 0.4) is 0 Å². The molecule has 0 radical (unpaired) electrons. The van der Waals surface area contributed by atoms with Crippen molar-refractivity contribution >= 4 is 95.0 Å². The molecule has 190 valence electrons. The first-order valence-electron chi connectivity index (χ1n) is 13.3. The van der Waals surface area contributed by atoms with Gasteiger partial charge in [-0.2, -0.15) is 0 Å². The summed E-state index contributed by atoms with van der Waals surface area (Å²) in [5.74, 6) is 0. The van der Waals surface area contributed by atoms with E-state index in [9.17, 15) is 0 Å². The van der Waals surface area contributed by atoms with Gasteiger partial charge in [0.25, 0.3) is 0 Å². The van der Waals surface area contributed by atoms with Crippen molar-refractivity contribution < 1.29 is 0 Å². The number of hydrogen-bond acceptors (Lipinski definition) is 2. The van der Waals surface area contributed by atoms with Crippen molar-refractivity contribution in [2.45, 2.75) is 19.6 Å². The van der Waals surface area contributed by atoms with Gasteiger partial charge in [0.1, 0.15) is 0 Å². The molecule has 4 heteroatoms. The molecule has 1 nitrogen and oxygen atoms in total. The lowest BCUT2D eigenvalue weighted by Gasteiger charge is -2.28. The lowest BCUT2D eigenvalue weighted by atomic mass is 10.0. The van der Waals surface area contributed by atoms with E-state index in [2.05, 4.69) is 140 Å². The average Bonchev–Trinajstić information content (AvgIpc) is 3.36. The Bertz CT molecular complexity index is 2000. The molecule has 7 rings (SSSR count). The van der Waals surface area contributed by atoms with E-state index in [-0.39, 0.29) is 0 Å². The fraction of sp³-hybridized carbons (Fsp3) is 0.0857. The number of halogens is 1. The number of nitrogens with zero attached hydrogens (tertiary/aromatic N) is 1. The highest BCUT2D eigenvalue weighted by Gasteiger charge is 2.23. The van der Waals surface area contributed by atoms with Gasteiger partial charge >= 0.3 is 0 Å². The third-order valence-corrected chi connectivity index (χ3v) is 11.3. The summed E-state index contributed by atoms with van der Waals surface area (Å²) in [5.41, 5.74) is 3.43. The molecule has 0 atom stereocenters. The van der Waals surface area contributed by atoms with Crippen LogP contribution in [0.15, 0.2) is 115 Å². The Morgan fingerprint density at radius 3 is 1.77 bits per heavy atom. The van der Waals surface area contributed by atoms with Crippen molar-refractivity contribution in [2.75, 3.05) is 4.90 Å². The summed E-state index contributed by atoms with van der Waals surface area (Å²) in [6, 6.07) is 41.7.